The molecule has 19 heavy (non-hydrogen) atoms. The minimum atomic E-state index is -0.389. The van der Waals surface area contributed by atoms with Gasteiger partial charge >= 0.3 is 5.97 Å². The normalized spacial score (nSPS) is 12.2. The largest absolute Gasteiger partial charge is 0.425 e. The average Bonchev–Trinajstić information content (AvgIpc) is 2.88. The molecule has 0 radical (unpaired) electrons. The molecule has 3 nitrogen and oxygen atoms in total. The molecule has 0 fully saturated rings. The fourth-order valence-electron chi connectivity index (χ4n) is 1.92. The molecule has 1 aromatic heterocycles. The molecule has 0 saturated carbocycles. The van der Waals surface area contributed by atoms with Crippen molar-refractivity contribution in [2.45, 2.75) is 12.8 Å². The average molecular weight is 296 g/mol. The van der Waals surface area contributed by atoms with Gasteiger partial charge in [0.25, 0.3) is 0 Å². The number of benzene rings is 1. The Morgan fingerprint density at radius 3 is 2.79 bits per heavy atom. The first-order valence-corrected chi connectivity index (χ1v) is 7.09. The molecule has 1 aromatic carbocycles. The van der Waals surface area contributed by atoms with Crippen LogP contribution in [0.4, 0.5) is 0 Å². The number of rotatable bonds is 4. The van der Waals surface area contributed by atoms with E-state index in [9.17, 15) is 4.79 Å². The van der Waals surface area contributed by atoms with E-state index < -0.39 is 0 Å². The number of carbonyl (C=O) groups excluding carboxylic acids is 1. The second-order valence-electron chi connectivity index (χ2n) is 4.06. The van der Waals surface area contributed by atoms with Crippen molar-refractivity contribution in [3.8, 4) is 5.75 Å². The lowest BCUT2D eigenvalue weighted by atomic mass is 9.97. The van der Waals surface area contributed by atoms with Crippen LogP contribution in [-0.2, 0) is 4.79 Å². The summed E-state index contributed by atoms with van der Waals surface area (Å²) in [6, 6.07) is 9.40. The van der Waals surface area contributed by atoms with Crippen molar-refractivity contribution in [2.24, 2.45) is 5.73 Å². The van der Waals surface area contributed by atoms with Crippen LogP contribution >= 0.6 is 22.9 Å². The van der Waals surface area contributed by atoms with Gasteiger partial charge in [-0.25, -0.2) is 0 Å². The maximum absolute atomic E-state index is 11.0. The van der Waals surface area contributed by atoms with E-state index in [1.807, 2.05) is 29.6 Å². The Bertz CT molecular complexity index is 569. The third kappa shape index (κ3) is 3.15. The molecule has 2 aromatic rings. The Morgan fingerprint density at radius 2 is 2.21 bits per heavy atom. The molecule has 0 spiro atoms. The van der Waals surface area contributed by atoms with Gasteiger partial charge in [0.05, 0.1) is 5.02 Å². The molecule has 0 aliphatic carbocycles. The monoisotopic (exact) mass is 295 g/mol. The maximum Gasteiger partial charge on any atom is 0.308 e. The van der Waals surface area contributed by atoms with Gasteiger partial charge in [0.1, 0.15) is 5.75 Å². The summed E-state index contributed by atoms with van der Waals surface area (Å²) in [7, 11) is 0. The number of carbonyl (C=O) groups is 1. The zero-order valence-corrected chi connectivity index (χ0v) is 12.0. The molecule has 2 N–H and O–H groups in total. The van der Waals surface area contributed by atoms with Gasteiger partial charge in [-0.05, 0) is 23.1 Å². The Balaban J connectivity index is 2.41. The van der Waals surface area contributed by atoms with Crippen LogP contribution in [0.25, 0.3) is 0 Å². The SMILES string of the molecule is CC(=O)Oc1cccc(C(CN)c2cccs2)c1Cl. The van der Waals surface area contributed by atoms with Gasteiger partial charge in [0, 0.05) is 24.3 Å². The van der Waals surface area contributed by atoms with E-state index in [4.69, 9.17) is 22.1 Å². The summed E-state index contributed by atoms with van der Waals surface area (Å²) in [6.45, 7) is 1.80. The number of ether oxygens (including phenoxy) is 1. The third-order valence-electron chi connectivity index (χ3n) is 2.74. The van der Waals surface area contributed by atoms with E-state index in [1.54, 1.807) is 17.4 Å². The minimum absolute atomic E-state index is 0.0167. The summed E-state index contributed by atoms with van der Waals surface area (Å²) >= 11 is 7.95. The number of thiophene rings is 1. The van der Waals surface area contributed by atoms with Crippen molar-refractivity contribution >= 4 is 28.9 Å². The van der Waals surface area contributed by atoms with Crippen LogP contribution in [-0.4, -0.2) is 12.5 Å². The molecule has 100 valence electrons. The quantitative estimate of drug-likeness (QED) is 0.694. The highest BCUT2D eigenvalue weighted by Crippen LogP contribution is 2.37. The fraction of sp³-hybridized carbons (Fsp3) is 0.214. The van der Waals surface area contributed by atoms with Crippen molar-refractivity contribution in [2.75, 3.05) is 6.54 Å². The second-order valence-corrected chi connectivity index (χ2v) is 5.41. The molecule has 0 bridgehead atoms. The first kappa shape index (κ1) is 14.1. The minimum Gasteiger partial charge on any atom is -0.425 e. The van der Waals surface area contributed by atoms with Gasteiger partial charge in [-0.15, -0.1) is 11.3 Å². The molecule has 0 aliphatic heterocycles. The van der Waals surface area contributed by atoms with Crippen LogP contribution in [0.5, 0.6) is 5.75 Å². The van der Waals surface area contributed by atoms with Crippen LogP contribution in [0.15, 0.2) is 35.7 Å². The Morgan fingerprint density at radius 1 is 1.42 bits per heavy atom. The Hall–Kier alpha value is -1.36. The lowest BCUT2D eigenvalue weighted by Gasteiger charge is -2.16. The summed E-state index contributed by atoms with van der Waals surface area (Å²) in [5, 5.41) is 2.45. The van der Waals surface area contributed by atoms with E-state index in [0.29, 0.717) is 17.3 Å². The summed E-state index contributed by atoms with van der Waals surface area (Å²) in [5.74, 6) is 0.00385. The molecule has 1 heterocycles. The highest BCUT2D eigenvalue weighted by Gasteiger charge is 2.19. The zero-order valence-electron chi connectivity index (χ0n) is 10.4. The second kappa shape index (κ2) is 6.19. The molecular formula is C14H14ClNO2S. The predicted octanol–water partition coefficient (Wildman–Crippen LogP) is 3.42. The molecule has 5 heteroatoms. The Labute approximate surface area is 121 Å². The molecule has 2 rings (SSSR count). The molecule has 0 saturated heterocycles. The molecular weight excluding hydrogens is 282 g/mol. The Kier molecular flexibility index (Phi) is 4.58. The molecule has 1 unspecified atom stereocenters. The fourth-order valence-corrected chi connectivity index (χ4v) is 3.07. The summed E-state index contributed by atoms with van der Waals surface area (Å²) in [5.41, 5.74) is 6.74. The first-order valence-electron chi connectivity index (χ1n) is 5.83. The van der Waals surface area contributed by atoms with Crippen molar-refractivity contribution in [3.05, 3.63) is 51.2 Å². The van der Waals surface area contributed by atoms with E-state index in [1.165, 1.54) is 6.92 Å². The van der Waals surface area contributed by atoms with E-state index in [-0.39, 0.29) is 11.9 Å². The number of hydrogen-bond donors (Lipinski definition) is 1. The lowest BCUT2D eigenvalue weighted by Crippen LogP contribution is -2.13. The summed E-state index contributed by atoms with van der Waals surface area (Å²) in [4.78, 5) is 12.2. The lowest BCUT2D eigenvalue weighted by molar-refractivity contribution is -0.131. The van der Waals surface area contributed by atoms with Crippen LogP contribution in [0.3, 0.4) is 0 Å². The maximum atomic E-state index is 11.0. The first-order chi connectivity index (χ1) is 9.13. The predicted molar refractivity (Wildman–Crippen MR) is 78.0 cm³/mol. The molecule has 0 aliphatic rings. The van der Waals surface area contributed by atoms with Crippen LogP contribution in [0.2, 0.25) is 5.02 Å². The highest BCUT2D eigenvalue weighted by atomic mass is 35.5. The van der Waals surface area contributed by atoms with Gasteiger partial charge in [-0.1, -0.05) is 29.8 Å². The zero-order chi connectivity index (χ0) is 13.8. The topological polar surface area (TPSA) is 52.3 Å². The van der Waals surface area contributed by atoms with Crippen molar-refractivity contribution in [3.63, 3.8) is 0 Å². The standard InChI is InChI=1S/C14H14ClNO2S/c1-9(17)18-12-5-2-4-10(14(12)15)11(8-16)13-6-3-7-19-13/h2-7,11H,8,16H2,1H3. The van der Waals surface area contributed by atoms with Gasteiger partial charge in [-0.2, -0.15) is 0 Å². The van der Waals surface area contributed by atoms with Gasteiger partial charge < -0.3 is 10.5 Å². The van der Waals surface area contributed by atoms with Gasteiger partial charge in [-0.3, -0.25) is 4.79 Å². The van der Waals surface area contributed by atoms with E-state index in [2.05, 4.69) is 0 Å². The van der Waals surface area contributed by atoms with Crippen LogP contribution in [0.1, 0.15) is 23.3 Å². The van der Waals surface area contributed by atoms with Gasteiger partial charge in [0.2, 0.25) is 0 Å². The number of nitrogens with two attached hydrogens (primary N) is 1. The third-order valence-corrected chi connectivity index (χ3v) is 4.14. The molecule has 0 amide bonds. The van der Waals surface area contributed by atoms with Crippen molar-refractivity contribution in [1.29, 1.82) is 0 Å². The molecule has 1 atom stereocenters. The number of esters is 1. The number of hydrogen-bond acceptors (Lipinski definition) is 4. The highest BCUT2D eigenvalue weighted by molar-refractivity contribution is 7.10. The van der Waals surface area contributed by atoms with Crippen LogP contribution in [0, 0.1) is 0 Å². The summed E-state index contributed by atoms with van der Waals surface area (Å²) in [6.07, 6.45) is 0. The van der Waals surface area contributed by atoms with Crippen molar-refractivity contribution < 1.29 is 9.53 Å². The van der Waals surface area contributed by atoms with E-state index >= 15 is 0 Å². The summed E-state index contributed by atoms with van der Waals surface area (Å²) < 4.78 is 5.09. The van der Waals surface area contributed by atoms with Crippen LogP contribution < -0.4 is 10.5 Å². The van der Waals surface area contributed by atoms with Crippen molar-refractivity contribution in [1.82, 2.24) is 0 Å². The number of halogens is 1. The van der Waals surface area contributed by atoms with E-state index in [0.717, 1.165) is 10.4 Å². The van der Waals surface area contributed by atoms with Gasteiger partial charge in [0.15, 0.2) is 0 Å². The smallest absolute Gasteiger partial charge is 0.308 e.